The minimum atomic E-state index is -0.0464. The van der Waals surface area contributed by atoms with Crippen LogP contribution in [0.5, 0.6) is 5.75 Å². The molecule has 1 aromatic heterocycles. The molecule has 1 amide bonds. The van der Waals surface area contributed by atoms with Gasteiger partial charge in [-0.25, -0.2) is 0 Å². The molecule has 5 nitrogen and oxygen atoms in total. The monoisotopic (exact) mass is 446 g/mol. The van der Waals surface area contributed by atoms with E-state index in [9.17, 15) is 4.79 Å². The SMILES string of the molecule is Cc1cccc(CN2CCN(C(=O)c3ccc(COc4cc(C)ccc4C(C)C)o3)CC2)c1. The van der Waals surface area contributed by atoms with E-state index in [1.165, 1.54) is 16.7 Å². The fourth-order valence-electron chi connectivity index (χ4n) is 4.30. The molecule has 0 bridgehead atoms. The Hall–Kier alpha value is -3.05. The van der Waals surface area contributed by atoms with Gasteiger partial charge in [-0.3, -0.25) is 9.69 Å². The van der Waals surface area contributed by atoms with Gasteiger partial charge in [0.25, 0.3) is 5.91 Å². The molecule has 0 radical (unpaired) electrons. The van der Waals surface area contributed by atoms with Crippen molar-refractivity contribution in [2.75, 3.05) is 26.2 Å². The molecule has 2 heterocycles. The van der Waals surface area contributed by atoms with Gasteiger partial charge in [0, 0.05) is 32.7 Å². The summed E-state index contributed by atoms with van der Waals surface area (Å²) in [5.41, 5.74) is 4.93. The summed E-state index contributed by atoms with van der Waals surface area (Å²) in [6.07, 6.45) is 0. The van der Waals surface area contributed by atoms with Gasteiger partial charge in [0.1, 0.15) is 18.1 Å². The molecule has 0 N–H and O–H groups in total. The molecule has 33 heavy (non-hydrogen) atoms. The Morgan fingerprint density at radius 2 is 1.73 bits per heavy atom. The van der Waals surface area contributed by atoms with Crippen LogP contribution in [0.15, 0.2) is 59.0 Å². The quantitative estimate of drug-likeness (QED) is 0.477. The lowest BCUT2D eigenvalue weighted by Gasteiger charge is -2.34. The van der Waals surface area contributed by atoms with Gasteiger partial charge in [0.15, 0.2) is 5.76 Å². The number of ether oxygens (including phenoxy) is 1. The van der Waals surface area contributed by atoms with Crippen molar-refractivity contribution in [3.63, 3.8) is 0 Å². The Labute approximate surface area is 197 Å². The average molecular weight is 447 g/mol. The van der Waals surface area contributed by atoms with Crippen LogP contribution in [0.25, 0.3) is 0 Å². The Balaban J connectivity index is 1.31. The van der Waals surface area contributed by atoms with E-state index in [1.54, 1.807) is 6.07 Å². The first-order valence-electron chi connectivity index (χ1n) is 11.8. The molecule has 0 saturated carbocycles. The summed E-state index contributed by atoms with van der Waals surface area (Å²) in [6.45, 7) is 12.8. The molecule has 0 aliphatic carbocycles. The molecule has 0 unspecified atom stereocenters. The summed E-state index contributed by atoms with van der Waals surface area (Å²) in [5, 5.41) is 0. The maximum Gasteiger partial charge on any atom is 0.289 e. The molecular formula is C28H34N2O3. The number of hydrogen-bond donors (Lipinski definition) is 0. The number of piperazine rings is 1. The Kier molecular flexibility index (Phi) is 7.19. The van der Waals surface area contributed by atoms with Gasteiger partial charge in [-0.2, -0.15) is 0 Å². The highest BCUT2D eigenvalue weighted by molar-refractivity contribution is 5.91. The van der Waals surface area contributed by atoms with Crippen molar-refractivity contribution in [3.8, 4) is 5.75 Å². The number of carbonyl (C=O) groups excluding carboxylic acids is 1. The summed E-state index contributed by atoms with van der Waals surface area (Å²) in [5.74, 6) is 2.24. The average Bonchev–Trinajstić information content (AvgIpc) is 3.27. The number of nitrogens with zero attached hydrogens (tertiary/aromatic N) is 2. The molecule has 3 aromatic rings. The number of furan rings is 1. The van der Waals surface area contributed by atoms with Crippen LogP contribution >= 0.6 is 0 Å². The predicted octanol–water partition coefficient (Wildman–Crippen LogP) is 5.56. The van der Waals surface area contributed by atoms with Gasteiger partial charge in [0.05, 0.1) is 0 Å². The third-order valence-electron chi connectivity index (χ3n) is 6.18. The lowest BCUT2D eigenvalue weighted by Crippen LogP contribution is -2.48. The van der Waals surface area contributed by atoms with E-state index >= 15 is 0 Å². The predicted molar refractivity (Wildman–Crippen MR) is 131 cm³/mol. The van der Waals surface area contributed by atoms with Crippen LogP contribution in [-0.4, -0.2) is 41.9 Å². The first-order chi connectivity index (χ1) is 15.9. The maximum atomic E-state index is 13.0. The fourth-order valence-corrected chi connectivity index (χ4v) is 4.30. The Morgan fingerprint density at radius 1 is 0.970 bits per heavy atom. The summed E-state index contributed by atoms with van der Waals surface area (Å²) in [7, 11) is 0. The summed E-state index contributed by atoms with van der Waals surface area (Å²) in [6, 6.07) is 18.5. The van der Waals surface area contributed by atoms with E-state index in [-0.39, 0.29) is 5.91 Å². The maximum absolute atomic E-state index is 13.0. The van der Waals surface area contributed by atoms with E-state index < -0.39 is 0 Å². The van der Waals surface area contributed by atoms with Gasteiger partial charge < -0.3 is 14.1 Å². The molecule has 1 aliphatic rings. The number of rotatable bonds is 7. The highest BCUT2D eigenvalue weighted by Crippen LogP contribution is 2.28. The van der Waals surface area contributed by atoms with Gasteiger partial charge in [-0.15, -0.1) is 0 Å². The van der Waals surface area contributed by atoms with Crippen molar-refractivity contribution < 1.29 is 13.9 Å². The molecule has 1 saturated heterocycles. The first-order valence-corrected chi connectivity index (χ1v) is 11.8. The van der Waals surface area contributed by atoms with E-state index in [4.69, 9.17) is 9.15 Å². The van der Waals surface area contributed by atoms with Crippen LogP contribution < -0.4 is 4.74 Å². The number of aryl methyl sites for hydroxylation is 2. The molecule has 0 spiro atoms. The largest absolute Gasteiger partial charge is 0.485 e. The molecule has 2 aromatic carbocycles. The fraction of sp³-hybridized carbons (Fsp3) is 0.393. The first kappa shape index (κ1) is 23.1. The van der Waals surface area contributed by atoms with Gasteiger partial charge >= 0.3 is 0 Å². The lowest BCUT2D eigenvalue weighted by molar-refractivity contribution is 0.0594. The zero-order valence-electron chi connectivity index (χ0n) is 20.1. The molecule has 4 rings (SSSR count). The van der Waals surface area contributed by atoms with Crippen molar-refractivity contribution in [2.24, 2.45) is 0 Å². The summed E-state index contributed by atoms with van der Waals surface area (Å²) < 4.78 is 11.9. The highest BCUT2D eigenvalue weighted by Gasteiger charge is 2.24. The second-order valence-electron chi connectivity index (χ2n) is 9.31. The van der Waals surface area contributed by atoms with Crippen LogP contribution in [0.4, 0.5) is 0 Å². The van der Waals surface area contributed by atoms with Crippen LogP contribution in [0.1, 0.15) is 58.3 Å². The normalized spacial score (nSPS) is 14.6. The van der Waals surface area contributed by atoms with Crippen molar-refractivity contribution >= 4 is 5.91 Å². The summed E-state index contributed by atoms with van der Waals surface area (Å²) in [4.78, 5) is 17.2. The van der Waals surface area contributed by atoms with E-state index in [2.05, 4.69) is 75.1 Å². The minimum absolute atomic E-state index is 0.0464. The van der Waals surface area contributed by atoms with E-state index in [1.807, 2.05) is 11.0 Å². The van der Waals surface area contributed by atoms with Gasteiger partial charge in [0.2, 0.25) is 0 Å². The minimum Gasteiger partial charge on any atom is -0.485 e. The lowest BCUT2D eigenvalue weighted by atomic mass is 10.0. The van der Waals surface area contributed by atoms with Crippen LogP contribution in [-0.2, 0) is 13.2 Å². The van der Waals surface area contributed by atoms with E-state index in [0.717, 1.165) is 30.9 Å². The van der Waals surface area contributed by atoms with Crippen LogP contribution in [0.2, 0.25) is 0 Å². The number of amides is 1. The van der Waals surface area contributed by atoms with Crippen molar-refractivity contribution in [1.82, 2.24) is 9.80 Å². The molecule has 5 heteroatoms. The number of benzene rings is 2. The number of hydrogen-bond acceptors (Lipinski definition) is 4. The third-order valence-corrected chi connectivity index (χ3v) is 6.18. The van der Waals surface area contributed by atoms with Crippen molar-refractivity contribution in [2.45, 2.75) is 46.8 Å². The van der Waals surface area contributed by atoms with Crippen LogP contribution in [0, 0.1) is 13.8 Å². The zero-order valence-corrected chi connectivity index (χ0v) is 20.1. The van der Waals surface area contributed by atoms with Gasteiger partial charge in [-0.1, -0.05) is 55.8 Å². The molecular weight excluding hydrogens is 412 g/mol. The smallest absolute Gasteiger partial charge is 0.289 e. The van der Waals surface area contributed by atoms with Crippen LogP contribution in [0.3, 0.4) is 0 Å². The standard InChI is InChI=1S/C28H34N2O3/c1-20(2)25-10-8-22(4)17-27(25)32-19-24-9-11-26(33-24)28(31)30-14-12-29(13-15-30)18-23-7-5-6-21(3)16-23/h5-11,16-17,20H,12-15,18-19H2,1-4H3. The zero-order chi connectivity index (χ0) is 23.4. The molecule has 1 aliphatic heterocycles. The Bertz CT molecular complexity index is 1090. The second kappa shape index (κ2) is 10.3. The highest BCUT2D eigenvalue weighted by atomic mass is 16.5. The third kappa shape index (κ3) is 5.85. The van der Waals surface area contributed by atoms with Gasteiger partial charge in [-0.05, 0) is 54.7 Å². The van der Waals surface area contributed by atoms with E-state index in [0.29, 0.717) is 37.1 Å². The molecule has 174 valence electrons. The second-order valence-corrected chi connectivity index (χ2v) is 9.31. The Morgan fingerprint density at radius 3 is 2.45 bits per heavy atom. The summed E-state index contributed by atoms with van der Waals surface area (Å²) >= 11 is 0. The van der Waals surface area contributed by atoms with Crippen molar-refractivity contribution in [3.05, 3.63) is 88.4 Å². The van der Waals surface area contributed by atoms with Crippen molar-refractivity contribution in [1.29, 1.82) is 0 Å². The number of carbonyl (C=O) groups is 1. The molecule has 1 fully saturated rings. The molecule has 0 atom stereocenters. The topological polar surface area (TPSA) is 45.9 Å².